The molecule has 4 amide bonds. The maximum absolute atomic E-state index is 14.1. The van der Waals surface area contributed by atoms with Gasteiger partial charge < -0.3 is 119 Å². The van der Waals surface area contributed by atoms with Crippen molar-refractivity contribution >= 4 is 60.8 Å². The largest absolute Gasteiger partial charge is 0.479 e. The van der Waals surface area contributed by atoms with Crippen molar-refractivity contribution in [2.45, 2.75) is 301 Å². The minimum atomic E-state index is -2.16. The zero-order chi connectivity index (χ0) is 67.5. The first-order valence-electron chi connectivity index (χ1n) is 30.3. The summed E-state index contributed by atoms with van der Waals surface area (Å²) in [5.74, 6) is -6.43. The molecule has 0 bridgehead atoms. The maximum Gasteiger partial charge on any atom is 0.360 e. The van der Waals surface area contributed by atoms with Crippen LogP contribution in [-0.4, -0.2) is 252 Å². The number of amides is 4. The van der Waals surface area contributed by atoms with Crippen molar-refractivity contribution in [1.82, 2.24) is 31.9 Å². The van der Waals surface area contributed by atoms with Crippen molar-refractivity contribution in [3.05, 3.63) is 0 Å². The van der Waals surface area contributed by atoms with E-state index in [1.54, 1.807) is 13.8 Å². The van der Waals surface area contributed by atoms with E-state index in [1.807, 2.05) is 13.8 Å². The highest BCUT2D eigenvalue weighted by Gasteiger charge is 2.61. The fourth-order valence-corrected chi connectivity index (χ4v) is 11.9. The van der Waals surface area contributed by atoms with Gasteiger partial charge in [-0.15, -0.1) is 0 Å². The van der Waals surface area contributed by atoms with E-state index in [4.69, 9.17) is 78.0 Å². The first-order valence-corrected chi connectivity index (χ1v) is 30.3. The van der Waals surface area contributed by atoms with Gasteiger partial charge in [-0.2, -0.15) is 0 Å². The molecule has 5 saturated heterocycles. The van der Waals surface area contributed by atoms with Gasteiger partial charge in [-0.1, -0.05) is 13.8 Å². The standard InChI is InChI=1S/C56H96BN9O24/c1-17-21(4)78-42-24(7)81-53(38(61-26(9)58)47(42)83-31(14)71)86-44-36(64-29(12)69)52(79-22(5)40(44)74)88-46-34(66-33(73)19-20(3)67)35(63-28(11)68)50(85-49(46)51(76)77)56(16,18-2)89-43-25(8)82-54(39(62-27(10)59)48(43)84-32(15)72)87-45-37(65-30(13)70)55(90-57-60)80-23(6)41(45)75/h20-25,34-50,52-55,57,67,74-75H,17-19,60H2,1-16H3,(H2,58,61)(H2,59,62)(H,63,68)(H,64,69)(H,65,70)(H,66,73)(H,76,77)/t20-,21?,22?,23?,24?,25?,34?,35?,36?,37?,38?,39?,40?,41?,42?,43?,44?,45?,46?,47?,48?,49?,50?,52?,53?,54?,55?,56?/m1/s1. The zero-order valence-corrected chi connectivity index (χ0v) is 53.9. The van der Waals surface area contributed by atoms with E-state index in [2.05, 4.69) is 31.9 Å². The number of rotatable bonds is 26. The lowest BCUT2D eigenvalue weighted by Crippen LogP contribution is -2.76. The van der Waals surface area contributed by atoms with Gasteiger partial charge in [0.15, 0.2) is 43.5 Å². The number of carboxylic acids is 1. The molecule has 34 heteroatoms. The fourth-order valence-electron chi connectivity index (χ4n) is 11.9. The number of hydrogen-bond donors (Lipinski definition) is 13. The second kappa shape index (κ2) is 33.0. The van der Waals surface area contributed by atoms with Gasteiger partial charge in [-0.3, -0.25) is 39.6 Å². The molecule has 90 heavy (non-hydrogen) atoms. The molecule has 5 rings (SSSR count). The second-order valence-electron chi connectivity index (χ2n) is 23.9. The van der Waals surface area contributed by atoms with Crippen LogP contribution in [0.2, 0.25) is 0 Å². The van der Waals surface area contributed by atoms with Crippen LogP contribution in [0, 0.1) is 10.8 Å². The molecular weight excluding hydrogens is 1190 g/mol. The lowest BCUT2D eigenvalue weighted by molar-refractivity contribution is -0.342. The molecule has 0 spiro atoms. The Morgan fingerprint density at radius 2 is 0.978 bits per heavy atom. The number of nitrogens with two attached hydrogens (primary N) is 1. The predicted octanol–water partition coefficient (Wildman–Crippen LogP) is -2.78. The van der Waals surface area contributed by atoms with Gasteiger partial charge >= 0.3 is 25.5 Å². The van der Waals surface area contributed by atoms with Gasteiger partial charge in [0.1, 0.15) is 73.0 Å². The van der Waals surface area contributed by atoms with Gasteiger partial charge in [0.05, 0.1) is 72.4 Å². The van der Waals surface area contributed by atoms with Crippen molar-refractivity contribution in [2.24, 2.45) is 5.64 Å². The van der Waals surface area contributed by atoms with E-state index in [1.165, 1.54) is 62.3 Å². The third-order valence-electron chi connectivity index (χ3n) is 16.2. The molecule has 5 heterocycles. The lowest BCUT2D eigenvalue weighted by atomic mass is 9.80. The number of hydrogen-bond acceptors (Lipinski definition) is 26. The highest BCUT2D eigenvalue weighted by molar-refractivity contribution is 6.22. The molecule has 33 nitrogen and oxygen atoms in total. The predicted molar refractivity (Wildman–Crippen MR) is 314 cm³/mol. The second-order valence-corrected chi connectivity index (χ2v) is 23.9. The third kappa shape index (κ3) is 19.2. The van der Waals surface area contributed by atoms with E-state index < -0.39 is 213 Å². The van der Waals surface area contributed by atoms with Crippen molar-refractivity contribution in [2.75, 3.05) is 0 Å². The number of aliphatic hydroxyl groups is 3. The van der Waals surface area contributed by atoms with Gasteiger partial charge in [0.2, 0.25) is 23.6 Å². The Balaban J connectivity index is 1.62. The average Bonchev–Trinajstić information content (AvgIpc) is 0.765. The number of aliphatic hydroxyl groups excluding tert-OH is 3. The molecule has 0 aromatic rings. The summed E-state index contributed by atoms with van der Waals surface area (Å²) in [5.41, 5.74) is 3.88. The van der Waals surface area contributed by atoms with Gasteiger partial charge in [-0.25, -0.2) is 4.79 Å². The summed E-state index contributed by atoms with van der Waals surface area (Å²) in [6, 6.07) is -8.62. The summed E-state index contributed by atoms with van der Waals surface area (Å²) in [6.07, 6.45) is -28.8. The summed E-state index contributed by atoms with van der Waals surface area (Å²) in [5, 5.41) is 79.2. The molecule has 5 fully saturated rings. The molecule has 27 unspecified atom stereocenters. The molecule has 5 aliphatic heterocycles. The molecule has 14 N–H and O–H groups in total. The van der Waals surface area contributed by atoms with Crippen LogP contribution < -0.4 is 37.5 Å². The van der Waals surface area contributed by atoms with E-state index in [0.29, 0.717) is 6.42 Å². The Morgan fingerprint density at radius 3 is 1.39 bits per heavy atom. The first-order chi connectivity index (χ1) is 42.0. The number of carbonyl (C=O) groups excluding carboxylic acids is 6. The minimum Gasteiger partial charge on any atom is -0.479 e. The summed E-state index contributed by atoms with van der Waals surface area (Å²) >= 11 is 0. The highest BCUT2D eigenvalue weighted by atomic mass is 16.7. The van der Waals surface area contributed by atoms with Gasteiger partial charge in [0.25, 0.3) is 0 Å². The summed E-state index contributed by atoms with van der Waals surface area (Å²) < 4.78 is 82.3. The Bertz CT molecular complexity index is 2500. The van der Waals surface area contributed by atoms with E-state index >= 15 is 0 Å². The summed E-state index contributed by atoms with van der Waals surface area (Å²) in [6.45, 7) is 22.9. The fraction of sp³-hybridized carbons (Fsp3) is 0.839. The van der Waals surface area contributed by atoms with Crippen LogP contribution >= 0.6 is 0 Å². The first kappa shape index (κ1) is 75.4. The molecule has 0 aromatic heterocycles. The Labute approximate surface area is 524 Å². The number of nitrogens with one attached hydrogen (secondary N) is 8. The number of carboxylic acid groups (broad SMARTS) is 1. The van der Waals surface area contributed by atoms with Crippen molar-refractivity contribution in [3.8, 4) is 0 Å². The number of carbonyl (C=O) groups is 7. The normalized spacial score (nSPS) is 38.3. The monoisotopic (exact) mass is 1290 g/mol. The quantitative estimate of drug-likeness (QED) is 0.0180. The molecule has 512 valence electrons. The number of amidine groups is 2. The van der Waals surface area contributed by atoms with E-state index in [9.17, 15) is 54.0 Å². The molecule has 28 atom stereocenters. The lowest BCUT2D eigenvalue weighted by Gasteiger charge is -2.55. The van der Waals surface area contributed by atoms with Crippen molar-refractivity contribution in [1.29, 1.82) is 10.8 Å². The smallest absolute Gasteiger partial charge is 0.360 e. The summed E-state index contributed by atoms with van der Waals surface area (Å²) in [4.78, 5) is 93.6. The molecule has 0 aromatic carbocycles. The van der Waals surface area contributed by atoms with E-state index in [-0.39, 0.29) is 31.8 Å². The van der Waals surface area contributed by atoms with Gasteiger partial charge in [0, 0.05) is 34.6 Å². The Morgan fingerprint density at radius 1 is 0.567 bits per heavy atom. The SMILES string of the molecule is CCC(C)OC1C(C)OC(OC2C(O)C(C)OC(OC3C(C(=O)O)OC(C(C)(CC)OC4C(C)OC(OC5C(O)C(C)OC(OBN)C5NC(C)=O)C(NC(C)=N)C4OC(C)=O)C(NC(C)=O)C3NC(=O)C[C@@H](C)O)C2NC(C)=O)C(NC(C)=N)C1OC(C)=O. The molecule has 0 saturated carbocycles. The van der Waals surface area contributed by atoms with E-state index in [0.717, 1.165) is 20.8 Å². The zero-order valence-electron chi connectivity index (χ0n) is 53.9. The highest BCUT2D eigenvalue weighted by Crippen LogP contribution is 2.41. The topological polar surface area (TPSA) is 466 Å². The maximum atomic E-state index is 14.1. The van der Waals surface area contributed by atoms with Crippen LogP contribution in [0.15, 0.2) is 0 Å². The minimum absolute atomic E-state index is 0.104. The molecular formula is C56H96BN9O24. The Kier molecular flexibility index (Phi) is 27.7. The van der Waals surface area contributed by atoms with Crippen LogP contribution in [0.5, 0.6) is 0 Å². The van der Waals surface area contributed by atoms with Crippen LogP contribution in [0.3, 0.4) is 0 Å². The van der Waals surface area contributed by atoms with Crippen molar-refractivity contribution in [3.63, 3.8) is 0 Å². The molecule has 0 radical (unpaired) electrons. The third-order valence-corrected chi connectivity index (χ3v) is 16.2. The number of aliphatic carboxylic acids is 1. The van der Waals surface area contributed by atoms with Crippen LogP contribution in [0.25, 0.3) is 0 Å². The summed E-state index contributed by atoms with van der Waals surface area (Å²) in [7, 11) is -0.354. The average molecular weight is 1290 g/mol. The van der Waals surface area contributed by atoms with Crippen LogP contribution in [-0.2, 0) is 95.1 Å². The van der Waals surface area contributed by atoms with Crippen molar-refractivity contribution < 1.29 is 115 Å². The molecule has 5 aliphatic rings. The molecule has 0 aliphatic carbocycles. The van der Waals surface area contributed by atoms with Crippen LogP contribution in [0.1, 0.15) is 130 Å². The van der Waals surface area contributed by atoms with Crippen LogP contribution in [0.4, 0.5) is 0 Å². The van der Waals surface area contributed by atoms with Gasteiger partial charge in [-0.05, 0) is 75.2 Å². The Hall–Kier alpha value is -5.31. The number of ether oxygens (including phenoxy) is 12. The number of esters is 2.